The van der Waals surface area contributed by atoms with Crippen LogP contribution in [-0.4, -0.2) is 14.2 Å². The Balaban J connectivity index is 1.62. The fourth-order valence-electron chi connectivity index (χ4n) is 3.18. The van der Waals surface area contributed by atoms with E-state index >= 15 is 0 Å². The summed E-state index contributed by atoms with van der Waals surface area (Å²) in [4.78, 5) is 12.6. The third-order valence-corrected chi connectivity index (χ3v) is 5.53. The van der Waals surface area contributed by atoms with Crippen molar-refractivity contribution >= 4 is 34.2 Å². The Morgan fingerprint density at radius 3 is 2.39 bits per heavy atom. The smallest absolute Gasteiger partial charge is 0.344 e. The maximum absolute atomic E-state index is 12.6. The van der Waals surface area contributed by atoms with Crippen molar-refractivity contribution in [3.8, 4) is 28.4 Å². The highest BCUT2D eigenvalue weighted by Gasteiger charge is 2.12. The third-order valence-electron chi connectivity index (χ3n) is 4.79. The fourth-order valence-corrected chi connectivity index (χ4v) is 3.50. The van der Waals surface area contributed by atoms with Crippen molar-refractivity contribution in [3.63, 3.8) is 0 Å². The van der Waals surface area contributed by atoms with E-state index in [4.69, 9.17) is 41.8 Å². The van der Waals surface area contributed by atoms with Gasteiger partial charge in [0.05, 0.1) is 29.8 Å². The first-order valence-corrected chi connectivity index (χ1v) is 10.1. The molecule has 0 saturated heterocycles. The highest BCUT2D eigenvalue weighted by atomic mass is 35.5. The zero-order valence-electron chi connectivity index (χ0n) is 16.8. The Kier molecular flexibility index (Phi) is 6.07. The van der Waals surface area contributed by atoms with E-state index in [1.165, 1.54) is 0 Å². The van der Waals surface area contributed by atoms with Crippen molar-refractivity contribution in [2.45, 2.75) is 6.61 Å². The van der Waals surface area contributed by atoms with Crippen molar-refractivity contribution < 1.29 is 18.6 Å². The van der Waals surface area contributed by atoms with E-state index in [0.29, 0.717) is 50.6 Å². The van der Waals surface area contributed by atoms with Gasteiger partial charge in [-0.15, -0.1) is 0 Å². The van der Waals surface area contributed by atoms with Crippen molar-refractivity contribution in [2.24, 2.45) is 0 Å². The van der Waals surface area contributed by atoms with E-state index in [0.717, 1.165) is 10.9 Å². The van der Waals surface area contributed by atoms with Crippen LogP contribution in [0, 0.1) is 0 Å². The van der Waals surface area contributed by atoms with Crippen LogP contribution in [0.1, 0.15) is 5.56 Å². The van der Waals surface area contributed by atoms with Crippen LogP contribution < -0.4 is 19.8 Å². The minimum atomic E-state index is -0.457. The van der Waals surface area contributed by atoms with Gasteiger partial charge in [0, 0.05) is 11.5 Å². The number of hydrogen-bond acceptors (Lipinski definition) is 5. The van der Waals surface area contributed by atoms with Crippen LogP contribution in [0.4, 0.5) is 0 Å². The zero-order chi connectivity index (χ0) is 22.0. The summed E-state index contributed by atoms with van der Waals surface area (Å²) in [7, 11) is 3.10. The Bertz CT molecular complexity index is 1310. The van der Waals surface area contributed by atoms with Gasteiger partial charge in [0.25, 0.3) is 0 Å². The molecule has 0 aliphatic heterocycles. The van der Waals surface area contributed by atoms with Gasteiger partial charge < -0.3 is 18.6 Å². The normalized spacial score (nSPS) is 10.8. The lowest BCUT2D eigenvalue weighted by Crippen LogP contribution is -2.03. The summed E-state index contributed by atoms with van der Waals surface area (Å²) in [6, 6.07) is 17.7. The molecule has 0 aliphatic rings. The first kappa shape index (κ1) is 21.1. The Hall–Kier alpha value is -3.15. The monoisotopic (exact) mass is 456 g/mol. The molecule has 1 heterocycles. The summed E-state index contributed by atoms with van der Waals surface area (Å²) in [6.07, 6.45) is 0. The maximum atomic E-state index is 12.6. The molecule has 158 valence electrons. The molecule has 0 radical (unpaired) electrons. The number of benzene rings is 3. The van der Waals surface area contributed by atoms with Crippen LogP contribution in [0.2, 0.25) is 10.0 Å². The zero-order valence-corrected chi connectivity index (χ0v) is 18.3. The van der Waals surface area contributed by atoms with E-state index in [2.05, 4.69) is 0 Å². The number of halogens is 2. The molecule has 7 heteroatoms. The van der Waals surface area contributed by atoms with Crippen molar-refractivity contribution in [3.05, 3.63) is 86.7 Å². The van der Waals surface area contributed by atoms with Gasteiger partial charge >= 0.3 is 5.63 Å². The summed E-state index contributed by atoms with van der Waals surface area (Å²) >= 11 is 12.0. The van der Waals surface area contributed by atoms with Gasteiger partial charge in [-0.25, -0.2) is 4.79 Å². The molecule has 0 amide bonds. The predicted octanol–water partition coefficient (Wildman–Crippen LogP) is 6.36. The lowest BCUT2D eigenvalue weighted by molar-refractivity contribution is 0.306. The maximum Gasteiger partial charge on any atom is 0.344 e. The van der Waals surface area contributed by atoms with Crippen LogP contribution in [0.25, 0.3) is 22.1 Å². The highest BCUT2D eigenvalue weighted by molar-refractivity contribution is 6.42. The molecule has 31 heavy (non-hydrogen) atoms. The number of ether oxygens (including phenoxy) is 3. The second kappa shape index (κ2) is 8.92. The number of methoxy groups -OCH3 is 2. The number of fused-ring (bicyclic) bond motifs is 1. The van der Waals surface area contributed by atoms with Gasteiger partial charge in [-0.2, -0.15) is 0 Å². The quantitative estimate of drug-likeness (QED) is 0.315. The molecule has 5 nitrogen and oxygen atoms in total. The summed E-state index contributed by atoms with van der Waals surface area (Å²) in [6.45, 7) is 0.302. The standard InChI is InChI=1S/C24H18Cl2O5/c1-28-21-8-5-15(11-23(21)29-2)18-10-16-4-6-17(12-22(16)31-24(18)27)30-13-14-3-7-19(25)20(26)9-14/h3-12H,13H2,1-2H3. The molecular formula is C24H18Cl2O5. The van der Waals surface area contributed by atoms with Gasteiger partial charge in [0.15, 0.2) is 11.5 Å². The summed E-state index contributed by atoms with van der Waals surface area (Å²) < 4.78 is 22.0. The van der Waals surface area contributed by atoms with E-state index in [1.807, 2.05) is 18.2 Å². The molecule has 0 saturated carbocycles. The molecule has 0 unspecified atom stereocenters. The SMILES string of the molecule is COc1ccc(-c2cc3ccc(OCc4ccc(Cl)c(Cl)c4)cc3oc2=O)cc1OC. The molecule has 0 spiro atoms. The Labute approximate surface area is 188 Å². The minimum absolute atomic E-state index is 0.302. The summed E-state index contributed by atoms with van der Waals surface area (Å²) in [5.41, 5.74) is 1.95. The molecule has 0 N–H and O–H groups in total. The minimum Gasteiger partial charge on any atom is -0.493 e. The van der Waals surface area contributed by atoms with Crippen LogP contribution >= 0.6 is 23.2 Å². The molecule has 0 bridgehead atoms. The lowest BCUT2D eigenvalue weighted by Gasteiger charge is -2.10. The summed E-state index contributed by atoms with van der Waals surface area (Å²) in [5.74, 6) is 1.69. The van der Waals surface area contributed by atoms with Crippen molar-refractivity contribution in [1.29, 1.82) is 0 Å². The number of rotatable bonds is 6. The van der Waals surface area contributed by atoms with Crippen LogP contribution in [0.3, 0.4) is 0 Å². The third kappa shape index (κ3) is 4.48. The highest BCUT2D eigenvalue weighted by Crippen LogP contribution is 2.32. The van der Waals surface area contributed by atoms with Gasteiger partial charge in [-0.3, -0.25) is 0 Å². The topological polar surface area (TPSA) is 57.9 Å². The lowest BCUT2D eigenvalue weighted by atomic mass is 10.1. The molecule has 4 rings (SSSR count). The van der Waals surface area contributed by atoms with E-state index < -0.39 is 5.63 Å². The molecule has 0 atom stereocenters. The first-order valence-electron chi connectivity index (χ1n) is 9.35. The van der Waals surface area contributed by atoms with Gasteiger partial charge in [0.2, 0.25) is 0 Å². The average Bonchev–Trinajstić information content (AvgIpc) is 2.78. The average molecular weight is 457 g/mol. The van der Waals surface area contributed by atoms with Gasteiger partial charge in [0.1, 0.15) is 17.9 Å². The second-order valence-electron chi connectivity index (χ2n) is 6.75. The van der Waals surface area contributed by atoms with Crippen molar-refractivity contribution in [2.75, 3.05) is 14.2 Å². The molecule has 0 fully saturated rings. The summed E-state index contributed by atoms with van der Waals surface area (Å²) in [5, 5.41) is 1.73. The molecule has 3 aromatic carbocycles. The van der Waals surface area contributed by atoms with Gasteiger partial charge in [-0.05, 0) is 53.6 Å². The van der Waals surface area contributed by atoms with Crippen molar-refractivity contribution in [1.82, 2.24) is 0 Å². The van der Waals surface area contributed by atoms with Crippen LogP contribution in [-0.2, 0) is 6.61 Å². The predicted molar refractivity (Wildman–Crippen MR) is 122 cm³/mol. The molecule has 4 aromatic rings. The molecular weight excluding hydrogens is 439 g/mol. The van der Waals surface area contributed by atoms with Gasteiger partial charge in [-0.1, -0.05) is 35.3 Å². The fraction of sp³-hybridized carbons (Fsp3) is 0.125. The molecule has 1 aromatic heterocycles. The number of hydrogen-bond donors (Lipinski definition) is 0. The van der Waals surface area contributed by atoms with E-state index in [-0.39, 0.29) is 0 Å². The van der Waals surface area contributed by atoms with E-state index in [9.17, 15) is 4.79 Å². The van der Waals surface area contributed by atoms with Crippen LogP contribution in [0.15, 0.2) is 69.9 Å². The van der Waals surface area contributed by atoms with Crippen LogP contribution in [0.5, 0.6) is 17.2 Å². The first-order chi connectivity index (χ1) is 15.0. The Morgan fingerprint density at radius 1 is 0.839 bits per heavy atom. The molecule has 0 aliphatic carbocycles. The largest absolute Gasteiger partial charge is 0.493 e. The second-order valence-corrected chi connectivity index (χ2v) is 7.57. The van der Waals surface area contributed by atoms with E-state index in [1.54, 1.807) is 56.7 Å². The Morgan fingerprint density at radius 2 is 1.65 bits per heavy atom.